The molecule has 4 aromatic carbocycles. The molecular weight excluding hydrogens is 773 g/mol. The van der Waals surface area contributed by atoms with Crippen molar-refractivity contribution in [3.63, 3.8) is 0 Å². The van der Waals surface area contributed by atoms with Crippen molar-refractivity contribution in [2.24, 2.45) is 11.8 Å². The summed E-state index contributed by atoms with van der Waals surface area (Å²) in [5, 5.41) is 10.7. The van der Waals surface area contributed by atoms with Crippen LogP contribution in [0, 0.1) is 11.8 Å². The van der Waals surface area contributed by atoms with Crippen molar-refractivity contribution in [3.8, 4) is 22.3 Å². The Hall–Kier alpha value is -6.44. The van der Waals surface area contributed by atoms with Crippen molar-refractivity contribution < 1.29 is 28.7 Å². The van der Waals surface area contributed by atoms with Gasteiger partial charge in [-0.15, -0.1) is 0 Å². The number of nitrogens with zero attached hydrogens (tertiary/aromatic N) is 3. The van der Waals surface area contributed by atoms with E-state index in [1.165, 1.54) is 14.2 Å². The van der Waals surface area contributed by atoms with Crippen LogP contribution in [0.25, 0.3) is 55.1 Å². The Bertz CT molecular complexity index is 2600. The molecule has 1 saturated heterocycles. The zero-order chi connectivity index (χ0) is 42.9. The predicted octanol–water partition coefficient (Wildman–Crippen LogP) is 8.10. The van der Waals surface area contributed by atoms with E-state index in [1.807, 2.05) is 44.7 Å². The smallest absolute Gasteiger partial charge is 0.407 e. The third-order valence-corrected chi connectivity index (χ3v) is 12.4. The SMILES string of the molecule is COC(=O)NC(C(=O)NC1CCCC1c1nc2ccc(-c3ccc(-c4ccc5c(ccc6[nH]c(C7CCCN7C(=O)C(NC(=O)OC)C(C)C)nc65)c4)cc3)cc2[nH]1)C(C)C. The summed E-state index contributed by atoms with van der Waals surface area (Å²) < 4.78 is 9.53. The molecule has 5 atom stereocenters. The van der Waals surface area contributed by atoms with E-state index in [9.17, 15) is 19.2 Å². The second-order valence-electron chi connectivity index (χ2n) is 17.0. The molecule has 14 nitrogen and oxygen atoms in total. The van der Waals surface area contributed by atoms with Gasteiger partial charge in [-0.1, -0.05) is 82.6 Å². The molecule has 1 aliphatic carbocycles. The number of likely N-dealkylation sites (tertiary alicyclic amines) is 1. The fourth-order valence-corrected chi connectivity index (χ4v) is 9.04. The zero-order valence-electron chi connectivity index (χ0n) is 35.5. The number of H-pyrrole nitrogens is 2. The van der Waals surface area contributed by atoms with Crippen LogP contribution in [0.2, 0.25) is 0 Å². The Balaban J connectivity index is 0.972. The molecule has 318 valence electrons. The number of hydrogen-bond acceptors (Lipinski definition) is 8. The minimum atomic E-state index is -0.695. The third-order valence-electron chi connectivity index (χ3n) is 12.4. The molecule has 3 heterocycles. The maximum Gasteiger partial charge on any atom is 0.407 e. The molecule has 0 spiro atoms. The summed E-state index contributed by atoms with van der Waals surface area (Å²) in [7, 11) is 2.59. The van der Waals surface area contributed by atoms with Crippen LogP contribution in [0.4, 0.5) is 9.59 Å². The van der Waals surface area contributed by atoms with Crippen molar-refractivity contribution >= 4 is 56.8 Å². The van der Waals surface area contributed by atoms with E-state index in [4.69, 9.17) is 19.4 Å². The molecular formula is C47H54N8O6. The van der Waals surface area contributed by atoms with Gasteiger partial charge < -0.3 is 40.3 Å². The van der Waals surface area contributed by atoms with Gasteiger partial charge in [0.05, 0.1) is 42.3 Å². The second kappa shape index (κ2) is 17.3. The van der Waals surface area contributed by atoms with Gasteiger partial charge in [-0.05, 0) is 89.4 Å². The Kier molecular flexibility index (Phi) is 11.7. The van der Waals surface area contributed by atoms with Crippen LogP contribution in [0.5, 0.6) is 0 Å². The van der Waals surface area contributed by atoms with Crippen LogP contribution < -0.4 is 16.0 Å². The maximum atomic E-state index is 13.7. The van der Waals surface area contributed by atoms with Crippen molar-refractivity contribution in [2.75, 3.05) is 20.8 Å². The van der Waals surface area contributed by atoms with Crippen molar-refractivity contribution in [1.82, 2.24) is 40.8 Å². The topological polar surface area (TPSA) is 183 Å². The van der Waals surface area contributed by atoms with Gasteiger partial charge in [0.2, 0.25) is 11.8 Å². The predicted molar refractivity (Wildman–Crippen MR) is 235 cm³/mol. The van der Waals surface area contributed by atoms with Crippen molar-refractivity contribution in [2.45, 2.75) is 89.9 Å². The molecule has 0 radical (unpaired) electrons. The normalized spacial score (nSPS) is 18.8. The number of hydrogen-bond donors (Lipinski definition) is 5. The second-order valence-corrected chi connectivity index (χ2v) is 17.0. The number of aromatic nitrogens is 4. The third kappa shape index (κ3) is 8.35. The summed E-state index contributed by atoms with van der Waals surface area (Å²) >= 11 is 0. The van der Waals surface area contributed by atoms with E-state index >= 15 is 0 Å². The highest BCUT2D eigenvalue weighted by atomic mass is 16.5. The highest BCUT2D eigenvalue weighted by molar-refractivity contribution is 6.05. The quantitative estimate of drug-likeness (QED) is 0.0868. The average Bonchev–Trinajstić information content (AvgIpc) is 4.09. The minimum absolute atomic E-state index is 0.0346. The number of fused-ring (bicyclic) bond motifs is 4. The summed E-state index contributed by atoms with van der Waals surface area (Å²) in [4.78, 5) is 69.8. The highest BCUT2D eigenvalue weighted by Crippen LogP contribution is 2.37. The lowest BCUT2D eigenvalue weighted by Crippen LogP contribution is -2.52. The number of carbonyl (C=O) groups excluding carboxylic acids is 4. The Morgan fingerprint density at radius 1 is 0.689 bits per heavy atom. The van der Waals surface area contributed by atoms with E-state index in [1.54, 1.807) is 0 Å². The molecule has 0 bridgehead atoms. The number of imidazole rings is 2. The van der Waals surface area contributed by atoms with Crippen LogP contribution in [-0.2, 0) is 19.1 Å². The monoisotopic (exact) mass is 826 g/mol. The largest absolute Gasteiger partial charge is 0.453 e. The summed E-state index contributed by atoms with van der Waals surface area (Å²) in [5.74, 6) is 1.07. The highest BCUT2D eigenvalue weighted by Gasteiger charge is 2.38. The van der Waals surface area contributed by atoms with Crippen LogP contribution in [0.1, 0.15) is 83.4 Å². The first-order valence-electron chi connectivity index (χ1n) is 21.2. The number of amides is 4. The van der Waals surface area contributed by atoms with E-state index in [0.717, 1.165) is 98.8 Å². The number of alkyl carbamates (subject to hydrolysis) is 2. The number of benzene rings is 4. The molecule has 2 aromatic heterocycles. The van der Waals surface area contributed by atoms with Gasteiger partial charge in [0.25, 0.3) is 0 Å². The van der Waals surface area contributed by atoms with Gasteiger partial charge in [-0.25, -0.2) is 19.6 Å². The summed E-state index contributed by atoms with van der Waals surface area (Å²) in [5.41, 5.74) is 7.91. The lowest BCUT2D eigenvalue weighted by molar-refractivity contribution is -0.135. The molecule has 8 rings (SSSR count). The molecule has 2 aliphatic rings. The first kappa shape index (κ1) is 41.3. The van der Waals surface area contributed by atoms with Gasteiger partial charge in [0.1, 0.15) is 23.7 Å². The fourth-order valence-electron chi connectivity index (χ4n) is 9.04. The van der Waals surface area contributed by atoms with Gasteiger partial charge in [0, 0.05) is 23.9 Å². The van der Waals surface area contributed by atoms with Gasteiger partial charge in [0.15, 0.2) is 0 Å². The number of methoxy groups -OCH3 is 2. The number of carbonyl (C=O) groups is 4. The van der Waals surface area contributed by atoms with E-state index in [-0.39, 0.29) is 41.7 Å². The lowest BCUT2D eigenvalue weighted by Gasteiger charge is -2.29. The summed E-state index contributed by atoms with van der Waals surface area (Å²) in [6.07, 6.45) is 3.08. The number of aromatic amines is 2. The maximum absolute atomic E-state index is 13.7. The summed E-state index contributed by atoms with van der Waals surface area (Å²) in [6.45, 7) is 8.20. The van der Waals surface area contributed by atoms with Crippen LogP contribution in [0.3, 0.4) is 0 Å². The van der Waals surface area contributed by atoms with Crippen LogP contribution >= 0.6 is 0 Å². The number of ether oxygens (including phenoxy) is 2. The molecule has 61 heavy (non-hydrogen) atoms. The molecule has 2 fully saturated rings. The van der Waals surface area contributed by atoms with Gasteiger partial charge in [-0.3, -0.25) is 9.59 Å². The Labute approximate surface area is 354 Å². The van der Waals surface area contributed by atoms with Gasteiger partial charge >= 0.3 is 12.2 Å². The molecule has 5 unspecified atom stereocenters. The first-order valence-corrected chi connectivity index (χ1v) is 21.2. The summed E-state index contributed by atoms with van der Waals surface area (Å²) in [6, 6.07) is 23.7. The van der Waals surface area contributed by atoms with Gasteiger partial charge in [-0.2, -0.15) is 0 Å². The van der Waals surface area contributed by atoms with E-state index in [0.29, 0.717) is 6.54 Å². The number of rotatable bonds is 11. The zero-order valence-corrected chi connectivity index (χ0v) is 35.5. The first-order chi connectivity index (χ1) is 29.4. The standard InChI is InChI=1S/C47H54N8O6/c1-25(2)39(53-46(58)60-5)44(56)51-34-10-7-9-33(34)42-48-35-20-17-30(24-37(35)50-42)28-14-12-27(13-15-28)29-16-19-32-31(23-29)18-21-36-41(32)52-43(49-36)38-11-8-22-55(38)45(57)40(26(3)4)54-47(59)61-6/h12-21,23-26,33-34,38-40H,7-11,22H2,1-6H3,(H,48,50)(H,49,52)(H,51,56)(H,53,58)(H,54,59). The van der Waals surface area contributed by atoms with Crippen LogP contribution in [-0.4, -0.2) is 87.7 Å². The van der Waals surface area contributed by atoms with E-state index in [2.05, 4.69) is 86.6 Å². The molecule has 6 aromatic rings. The molecule has 14 heteroatoms. The Morgan fingerprint density at radius 2 is 1.33 bits per heavy atom. The lowest BCUT2D eigenvalue weighted by atomic mass is 9.98. The average molecular weight is 827 g/mol. The molecule has 1 saturated carbocycles. The molecule has 4 amide bonds. The van der Waals surface area contributed by atoms with Crippen molar-refractivity contribution in [1.29, 1.82) is 0 Å². The van der Waals surface area contributed by atoms with Crippen LogP contribution in [0.15, 0.2) is 72.8 Å². The molecule has 1 aliphatic heterocycles. The Morgan fingerprint density at radius 3 is 2.02 bits per heavy atom. The number of nitrogens with one attached hydrogen (secondary N) is 5. The fraction of sp³-hybridized carbons (Fsp3) is 0.404. The van der Waals surface area contributed by atoms with E-state index < -0.39 is 24.3 Å². The van der Waals surface area contributed by atoms with Crippen molar-refractivity contribution in [3.05, 3.63) is 84.4 Å². The minimum Gasteiger partial charge on any atom is -0.453 e. The molecule has 5 N–H and O–H groups in total.